The summed E-state index contributed by atoms with van der Waals surface area (Å²) in [6.45, 7) is 1.17. The molecule has 0 aliphatic heterocycles. The third kappa shape index (κ3) is 1.80. The quantitative estimate of drug-likeness (QED) is 0.821. The van der Waals surface area contributed by atoms with E-state index in [-0.39, 0.29) is 0 Å². The molecule has 0 bridgehead atoms. The van der Waals surface area contributed by atoms with E-state index in [0.717, 1.165) is 11.5 Å². The average molecular weight is 273 g/mol. The van der Waals surface area contributed by atoms with E-state index in [2.05, 4.69) is 34.7 Å². The molecule has 1 aliphatic carbocycles. The predicted molar refractivity (Wildman–Crippen MR) is 56.5 cm³/mol. The Kier molecular flexibility index (Phi) is 2.37. The van der Waals surface area contributed by atoms with E-state index in [1.165, 1.54) is 28.6 Å². The lowest BCUT2D eigenvalue weighted by molar-refractivity contribution is 0.414. The Labute approximate surface area is 85.9 Å². The molecule has 1 N–H and O–H groups in total. The Balaban J connectivity index is 2.34. The van der Waals surface area contributed by atoms with Crippen molar-refractivity contribution in [3.05, 3.63) is 39.5 Å². The first-order chi connectivity index (χ1) is 5.79. The predicted octanol–water partition coefficient (Wildman–Crippen LogP) is 3.05. The molecule has 1 saturated carbocycles. The van der Waals surface area contributed by atoms with Crippen LogP contribution in [0.5, 0.6) is 0 Å². The lowest BCUT2D eigenvalue weighted by Crippen LogP contribution is -1.87. The highest BCUT2D eigenvalue weighted by Crippen LogP contribution is 2.40. The molecule has 0 saturated heterocycles. The number of benzene rings is 1. The zero-order chi connectivity index (χ0) is 8.55. The minimum Gasteiger partial charge on any atom is -0.385 e. The Bertz CT molecular complexity index is 292. The van der Waals surface area contributed by atoms with Crippen molar-refractivity contribution in [3.8, 4) is 0 Å². The fourth-order valence-electron chi connectivity index (χ4n) is 1.36. The summed E-state index contributed by atoms with van der Waals surface area (Å²) < 4.78 is 1.21. The maximum atomic E-state index is 8.86. The van der Waals surface area contributed by atoms with Gasteiger partial charge in [-0.1, -0.05) is 6.07 Å². The van der Waals surface area contributed by atoms with Crippen molar-refractivity contribution < 1.29 is 5.11 Å². The molecule has 1 aromatic carbocycles. The first-order valence-electron chi connectivity index (χ1n) is 4.07. The van der Waals surface area contributed by atoms with Gasteiger partial charge in [-0.15, -0.1) is 0 Å². The van der Waals surface area contributed by atoms with Gasteiger partial charge in [0, 0.05) is 3.57 Å². The summed E-state index contributed by atoms with van der Waals surface area (Å²) in [4.78, 5) is 0. The molecular formula is C10H10IO. The average Bonchev–Trinajstić information content (AvgIpc) is 2.85. The zero-order valence-corrected chi connectivity index (χ0v) is 8.78. The lowest BCUT2D eigenvalue weighted by atomic mass is 10.1. The van der Waals surface area contributed by atoms with Crippen molar-refractivity contribution in [3.63, 3.8) is 0 Å². The number of aliphatic hydroxyl groups excluding tert-OH is 1. The van der Waals surface area contributed by atoms with Crippen molar-refractivity contribution in [1.82, 2.24) is 0 Å². The van der Waals surface area contributed by atoms with Gasteiger partial charge in [0.2, 0.25) is 0 Å². The summed E-state index contributed by atoms with van der Waals surface area (Å²) in [5.74, 6) is 0.762. The van der Waals surface area contributed by atoms with Gasteiger partial charge in [0.1, 0.15) is 6.61 Å². The fourth-order valence-corrected chi connectivity index (χ4v) is 2.08. The van der Waals surface area contributed by atoms with Gasteiger partial charge < -0.3 is 5.11 Å². The van der Waals surface area contributed by atoms with Gasteiger partial charge in [-0.2, -0.15) is 0 Å². The summed E-state index contributed by atoms with van der Waals surface area (Å²) in [5, 5.41) is 8.86. The molecule has 1 radical (unpaired) electrons. The largest absolute Gasteiger partial charge is 0.385 e. The maximum Gasteiger partial charge on any atom is 0.109 e. The SMILES string of the molecule is O[CH]c1cc(I)cc(C2CC2)c1. The van der Waals surface area contributed by atoms with Crippen LogP contribution in [0.1, 0.15) is 29.9 Å². The second kappa shape index (κ2) is 3.34. The third-order valence-corrected chi connectivity index (χ3v) is 2.76. The molecule has 2 rings (SSSR count). The van der Waals surface area contributed by atoms with Crippen molar-refractivity contribution in [2.45, 2.75) is 18.8 Å². The molecular weight excluding hydrogens is 263 g/mol. The number of halogens is 1. The Morgan fingerprint density at radius 2 is 2.08 bits per heavy atom. The smallest absolute Gasteiger partial charge is 0.109 e. The summed E-state index contributed by atoms with van der Waals surface area (Å²) in [5.41, 5.74) is 2.30. The summed E-state index contributed by atoms with van der Waals surface area (Å²) >= 11 is 2.28. The van der Waals surface area contributed by atoms with Gasteiger partial charge >= 0.3 is 0 Å². The van der Waals surface area contributed by atoms with Crippen LogP contribution in [-0.4, -0.2) is 5.11 Å². The molecule has 1 fully saturated rings. The molecule has 0 amide bonds. The van der Waals surface area contributed by atoms with Gasteiger partial charge in [-0.05, 0) is 64.6 Å². The number of aliphatic hydroxyl groups is 1. The Morgan fingerprint density at radius 3 is 2.67 bits per heavy atom. The van der Waals surface area contributed by atoms with Gasteiger partial charge in [-0.25, -0.2) is 0 Å². The summed E-state index contributed by atoms with van der Waals surface area (Å²) in [6.07, 6.45) is 2.62. The molecule has 0 heterocycles. The topological polar surface area (TPSA) is 20.2 Å². The van der Waals surface area contributed by atoms with Crippen molar-refractivity contribution in [2.75, 3.05) is 0 Å². The molecule has 2 heteroatoms. The van der Waals surface area contributed by atoms with Crippen molar-refractivity contribution >= 4 is 22.6 Å². The van der Waals surface area contributed by atoms with E-state index in [4.69, 9.17) is 5.11 Å². The molecule has 1 aromatic rings. The molecule has 0 atom stereocenters. The zero-order valence-electron chi connectivity index (χ0n) is 6.63. The van der Waals surface area contributed by atoms with Crippen LogP contribution >= 0.6 is 22.6 Å². The highest BCUT2D eigenvalue weighted by molar-refractivity contribution is 14.1. The molecule has 0 aromatic heterocycles. The molecule has 12 heavy (non-hydrogen) atoms. The molecule has 1 nitrogen and oxygen atoms in total. The van der Waals surface area contributed by atoms with E-state index in [0.29, 0.717) is 0 Å². The number of hydrogen-bond acceptors (Lipinski definition) is 1. The third-order valence-electron chi connectivity index (χ3n) is 2.14. The number of hydrogen-bond donors (Lipinski definition) is 1. The van der Waals surface area contributed by atoms with Crippen LogP contribution in [0.3, 0.4) is 0 Å². The minimum atomic E-state index is 0.762. The highest BCUT2D eigenvalue weighted by atomic mass is 127. The van der Waals surface area contributed by atoms with Crippen LogP contribution in [0, 0.1) is 10.2 Å². The van der Waals surface area contributed by atoms with E-state index in [1.807, 2.05) is 6.07 Å². The van der Waals surface area contributed by atoms with Gasteiger partial charge in [-0.3, -0.25) is 0 Å². The van der Waals surface area contributed by atoms with Crippen molar-refractivity contribution in [2.24, 2.45) is 0 Å². The second-order valence-electron chi connectivity index (χ2n) is 3.22. The maximum absolute atomic E-state index is 8.86. The normalized spacial score (nSPS) is 16.5. The Hall–Kier alpha value is -0.0900. The first-order valence-corrected chi connectivity index (χ1v) is 5.15. The van der Waals surface area contributed by atoms with E-state index in [9.17, 15) is 0 Å². The van der Waals surface area contributed by atoms with Crippen LogP contribution in [0.4, 0.5) is 0 Å². The van der Waals surface area contributed by atoms with E-state index >= 15 is 0 Å². The van der Waals surface area contributed by atoms with Crippen LogP contribution in [0.2, 0.25) is 0 Å². The van der Waals surface area contributed by atoms with Crippen molar-refractivity contribution in [1.29, 1.82) is 0 Å². The monoisotopic (exact) mass is 273 g/mol. The Morgan fingerprint density at radius 1 is 1.33 bits per heavy atom. The van der Waals surface area contributed by atoms with E-state index < -0.39 is 0 Å². The standard InChI is InChI=1S/C10H10IO/c11-10-4-7(6-12)3-9(5-10)8-1-2-8/h3-6,8,12H,1-2H2. The first kappa shape index (κ1) is 8.51. The van der Waals surface area contributed by atoms with Crippen LogP contribution in [0.25, 0.3) is 0 Å². The summed E-state index contributed by atoms with van der Waals surface area (Å²) in [6, 6.07) is 6.25. The van der Waals surface area contributed by atoms with Gasteiger partial charge in [0.05, 0.1) is 0 Å². The van der Waals surface area contributed by atoms with Crippen LogP contribution in [-0.2, 0) is 0 Å². The molecule has 0 unspecified atom stereocenters. The molecule has 1 aliphatic rings. The lowest BCUT2D eigenvalue weighted by Gasteiger charge is -2.02. The molecule has 0 spiro atoms. The minimum absolute atomic E-state index is 0.762. The molecule has 63 valence electrons. The highest BCUT2D eigenvalue weighted by Gasteiger charge is 2.23. The summed E-state index contributed by atoms with van der Waals surface area (Å²) in [7, 11) is 0. The van der Waals surface area contributed by atoms with Crippen LogP contribution in [0.15, 0.2) is 18.2 Å². The van der Waals surface area contributed by atoms with E-state index in [1.54, 1.807) is 0 Å². The fraction of sp³-hybridized carbons (Fsp3) is 0.300. The number of rotatable bonds is 2. The second-order valence-corrected chi connectivity index (χ2v) is 4.47. The van der Waals surface area contributed by atoms with Gasteiger partial charge in [0.25, 0.3) is 0 Å². The van der Waals surface area contributed by atoms with Crippen LogP contribution < -0.4 is 0 Å². The van der Waals surface area contributed by atoms with Gasteiger partial charge in [0.15, 0.2) is 0 Å².